The van der Waals surface area contributed by atoms with E-state index in [4.69, 9.17) is 9.47 Å². The predicted molar refractivity (Wildman–Crippen MR) is 106 cm³/mol. The number of aryl methyl sites for hydroxylation is 1. The third-order valence-electron chi connectivity index (χ3n) is 3.63. The summed E-state index contributed by atoms with van der Waals surface area (Å²) in [5, 5.41) is 5.42. The van der Waals surface area contributed by atoms with E-state index in [-0.39, 0.29) is 11.8 Å². The molecule has 0 aromatic heterocycles. The lowest BCUT2D eigenvalue weighted by atomic mass is 10.2. The summed E-state index contributed by atoms with van der Waals surface area (Å²) in [4.78, 5) is 24.1. The SMILES string of the molecule is Cc1ccc(OC(C)C(=O)Nc2cccc(NC(=O)OCC(C)C)c2)cc1. The van der Waals surface area contributed by atoms with Gasteiger partial charge >= 0.3 is 6.09 Å². The van der Waals surface area contributed by atoms with E-state index in [0.29, 0.717) is 23.7 Å². The number of hydrogen-bond donors (Lipinski definition) is 2. The van der Waals surface area contributed by atoms with Crippen LogP contribution in [0.25, 0.3) is 0 Å². The van der Waals surface area contributed by atoms with E-state index in [1.54, 1.807) is 31.2 Å². The number of carbonyl (C=O) groups is 2. The molecule has 27 heavy (non-hydrogen) atoms. The summed E-state index contributed by atoms with van der Waals surface area (Å²) in [5.41, 5.74) is 2.21. The average Bonchev–Trinajstić information content (AvgIpc) is 2.62. The number of nitrogens with one attached hydrogen (secondary N) is 2. The zero-order chi connectivity index (χ0) is 19.8. The molecule has 0 heterocycles. The Labute approximate surface area is 159 Å². The fourth-order valence-corrected chi connectivity index (χ4v) is 2.19. The van der Waals surface area contributed by atoms with Crippen molar-refractivity contribution in [2.45, 2.75) is 33.8 Å². The van der Waals surface area contributed by atoms with Gasteiger partial charge in [0.1, 0.15) is 5.75 Å². The van der Waals surface area contributed by atoms with E-state index in [9.17, 15) is 9.59 Å². The highest BCUT2D eigenvalue weighted by molar-refractivity contribution is 5.95. The van der Waals surface area contributed by atoms with Gasteiger partial charge in [0.15, 0.2) is 6.10 Å². The molecule has 2 amide bonds. The molecule has 0 saturated heterocycles. The molecule has 0 fully saturated rings. The van der Waals surface area contributed by atoms with Crippen LogP contribution in [0, 0.1) is 12.8 Å². The van der Waals surface area contributed by atoms with Gasteiger partial charge in [-0.05, 0) is 50.1 Å². The Kier molecular flexibility index (Phi) is 7.23. The molecule has 0 saturated carbocycles. The summed E-state index contributed by atoms with van der Waals surface area (Å²) >= 11 is 0. The molecule has 0 aliphatic rings. The predicted octanol–water partition coefficient (Wildman–Crippen LogP) is 4.61. The van der Waals surface area contributed by atoms with Crippen LogP contribution in [0.15, 0.2) is 48.5 Å². The average molecular weight is 370 g/mol. The number of benzene rings is 2. The van der Waals surface area contributed by atoms with Crippen molar-refractivity contribution in [3.63, 3.8) is 0 Å². The van der Waals surface area contributed by atoms with Crippen LogP contribution in [0.5, 0.6) is 5.75 Å². The maximum absolute atomic E-state index is 12.3. The fraction of sp³-hybridized carbons (Fsp3) is 0.333. The van der Waals surface area contributed by atoms with Crippen molar-refractivity contribution in [2.75, 3.05) is 17.2 Å². The molecular formula is C21H26N2O4. The zero-order valence-electron chi connectivity index (χ0n) is 16.1. The molecule has 0 radical (unpaired) electrons. The van der Waals surface area contributed by atoms with Gasteiger partial charge in [-0.15, -0.1) is 0 Å². The quantitative estimate of drug-likeness (QED) is 0.746. The molecule has 2 aromatic rings. The minimum Gasteiger partial charge on any atom is -0.481 e. The standard InChI is InChI=1S/C21H26N2O4/c1-14(2)13-26-21(25)23-18-7-5-6-17(12-18)22-20(24)16(4)27-19-10-8-15(3)9-11-19/h5-12,14,16H,13H2,1-4H3,(H,22,24)(H,23,25). The Balaban J connectivity index is 1.91. The summed E-state index contributed by atoms with van der Waals surface area (Å²) in [6.45, 7) is 7.93. The number of hydrogen-bond acceptors (Lipinski definition) is 4. The molecule has 2 aromatic carbocycles. The van der Waals surface area contributed by atoms with Crippen LogP contribution in [-0.2, 0) is 9.53 Å². The normalized spacial score (nSPS) is 11.6. The van der Waals surface area contributed by atoms with Crippen molar-refractivity contribution in [3.8, 4) is 5.75 Å². The first-order valence-electron chi connectivity index (χ1n) is 8.91. The number of ether oxygens (including phenoxy) is 2. The molecule has 2 N–H and O–H groups in total. The molecule has 0 bridgehead atoms. The van der Waals surface area contributed by atoms with Crippen LogP contribution in [0.2, 0.25) is 0 Å². The second-order valence-corrected chi connectivity index (χ2v) is 6.76. The minimum atomic E-state index is -0.666. The van der Waals surface area contributed by atoms with Gasteiger partial charge in [0, 0.05) is 11.4 Å². The first kappa shape index (κ1) is 20.3. The summed E-state index contributed by atoms with van der Waals surface area (Å²) in [5.74, 6) is 0.609. The van der Waals surface area contributed by atoms with Crippen molar-refractivity contribution >= 4 is 23.4 Å². The van der Waals surface area contributed by atoms with Gasteiger partial charge in [-0.25, -0.2) is 4.79 Å². The summed E-state index contributed by atoms with van der Waals surface area (Å²) in [6.07, 6.45) is -1.19. The van der Waals surface area contributed by atoms with Gasteiger partial charge in [0.2, 0.25) is 0 Å². The van der Waals surface area contributed by atoms with Gasteiger partial charge in [0.05, 0.1) is 6.61 Å². The zero-order valence-corrected chi connectivity index (χ0v) is 16.1. The van der Waals surface area contributed by atoms with Crippen molar-refractivity contribution in [2.24, 2.45) is 5.92 Å². The molecular weight excluding hydrogens is 344 g/mol. The second-order valence-electron chi connectivity index (χ2n) is 6.76. The number of amides is 2. The third kappa shape index (κ3) is 7.01. The highest BCUT2D eigenvalue weighted by Crippen LogP contribution is 2.17. The van der Waals surface area contributed by atoms with Gasteiger partial charge in [-0.1, -0.05) is 37.6 Å². The Morgan fingerprint density at radius 3 is 2.22 bits per heavy atom. The Morgan fingerprint density at radius 1 is 0.963 bits per heavy atom. The van der Waals surface area contributed by atoms with Crippen molar-refractivity contribution in [1.82, 2.24) is 0 Å². The molecule has 1 atom stereocenters. The van der Waals surface area contributed by atoms with Gasteiger partial charge in [-0.2, -0.15) is 0 Å². The highest BCUT2D eigenvalue weighted by Gasteiger charge is 2.15. The molecule has 2 rings (SSSR count). The fourth-order valence-electron chi connectivity index (χ4n) is 2.19. The van der Waals surface area contributed by atoms with Crippen molar-refractivity contribution < 1.29 is 19.1 Å². The lowest BCUT2D eigenvalue weighted by molar-refractivity contribution is -0.122. The number of carbonyl (C=O) groups excluding carboxylic acids is 2. The molecule has 6 heteroatoms. The van der Waals surface area contributed by atoms with Crippen LogP contribution in [0.1, 0.15) is 26.3 Å². The topological polar surface area (TPSA) is 76.7 Å². The molecule has 6 nitrogen and oxygen atoms in total. The molecule has 0 aliphatic carbocycles. The molecule has 0 spiro atoms. The second kappa shape index (κ2) is 9.62. The van der Waals surface area contributed by atoms with Crippen molar-refractivity contribution in [1.29, 1.82) is 0 Å². The van der Waals surface area contributed by atoms with E-state index in [1.165, 1.54) is 0 Å². The Hall–Kier alpha value is -3.02. The smallest absolute Gasteiger partial charge is 0.411 e. The van der Waals surface area contributed by atoms with Crippen LogP contribution < -0.4 is 15.4 Å². The summed E-state index contributed by atoms with van der Waals surface area (Å²) in [7, 11) is 0. The molecule has 1 unspecified atom stereocenters. The van der Waals surface area contributed by atoms with Gasteiger partial charge in [0.25, 0.3) is 5.91 Å². The maximum atomic E-state index is 12.3. The first-order chi connectivity index (χ1) is 12.8. The van der Waals surface area contributed by atoms with Crippen LogP contribution in [-0.4, -0.2) is 24.7 Å². The summed E-state index contributed by atoms with van der Waals surface area (Å²) < 4.78 is 10.7. The molecule has 0 aliphatic heterocycles. The molecule has 144 valence electrons. The summed E-state index contributed by atoms with van der Waals surface area (Å²) in [6, 6.07) is 14.4. The highest BCUT2D eigenvalue weighted by atomic mass is 16.5. The number of anilines is 2. The van der Waals surface area contributed by atoms with E-state index in [1.807, 2.05) is 45.0 Å². The van der Waals surface area contributed by atoms with E-state index in [2.05, 4.69) is 10.6 Å². The van der Waals surface area contributed by atoms with Crippen LogP contribution in [0.3, 0.4) is 0 Å². The van der Waals surface area contributed by atoms with E-state index in [0.717, 1.165) is 5.56 Å². The monoisotopic (exact) mass is 370 g/mol. The lowest BCUT2D eigenvalue weighted by Crippen LogP contribution is -2.30. The van der Waals surface area contributed by atoms with Crippen LogP contribution in [0.4, 0.5) is 16.2 Å². The first-order valence-corrected chi connectivity index (χ1v) is 8.91. The Morgan fingerprint density at radius 2 is 1.59 bits per heavy atom. The third-order valence-corrected chi connectivity index (χ3v) is 3.63. The van der Waals surface area contributed by atoms with Gasteiger partial charge in [-0.3, -0.25) is 10.1 Å². The van der Waals surface area contributed by atoms with E-state index >= 15 is 0 Å². The maximum Gasteiger partial charge on any atom is 0.411 e. The van der Waals surface area contributed by atoms with Crippen molar-refractivity contribution in [3.05, 3.63) is 54.1 Å². The Bertz CT molecular complexity index is 772. The van der Waals surface area contributed by atoms with Crippen LogP contribution >= 0.6 is 0 Å². The number of rotatable bonds is 7. The van der Waals surface area contributed by atoms with Gasteiger partial charge < -0.3 is 14.8 Å². The minimum absolute atomic E-state index is 0.261. The largest absolute Gasteiger partial charge is 0.481 e. The van der Waals surface area contributed by atoms with E-state index < -0.39 is 12.2 Å². The lowest BCUT2D eigenvalue weighted by Gasteiger charge is -2.15.